The molecule has 0 radical (unpaired) electrons. The van der Waals surface area contributed by atoms with Crippen molar-refractivity contribution in [3.05, 3.63) is 33.8 Å². The Morgan fingerprint density at radius 3 is 2.40 bits per heavy atom. The molecule has 0 amide bonds. The van der Waals surface area contributed by atoms with Gasteiger partial charge < -0.3 is 5.11 Å². The SMILES string of the molecule is O=C(O)C(F)(F)Cc1ccc(Cl)c(Cl)c1. The third-order valence-corrected chi connectivity index (χ3v) is 2.46. The van der Waals surface area contributed by atoms with Crippen LogP contribution in [0, 0.1) is 0 Å². The van der Waals surface area contributed by atoms with Crippen LogP contribution in [0.3, 0.4) is 0 Å². The van der Waals surface area contributed by atoms with Crippen molar-refractivity contribution in [2.24, 2.45) is 0 Å². The van der Waals surface area contributed by atoms with Crippen LogP contribution in [0.2, 0.25) is 10.0 Å². The van der Waals surface area contributed by atoms with Gasteiger partial charge in [0.05, 0.1) is 10.0 Å². The quantitative estimate of drug-likeness (QED) is 0.899. The van der Waals surface area contributed by atoms with E-state index in [2.05, 4.69) is 0 Å². The van der Waals surface area contributed by atoms with Crippen molar-refractivity contribution in [2.45, 2.75) is 12.3 Å². The first-order valence-corrected chi connectivity index (χ1v) is 4.63. The Morgan fingerprint density at radius 1 is 1.33 bits per heavy atom. The number of rotatable bonds is 3. The lowest BCUT2D eigenvalue weighted by Gasteiger charge is -2.11. The van der Waals surface area contributed by atoms with E-state index in [-0.39, 0.29) is 15.6 Å². The maximum absolute atomic E-state index is 12.8. The van der Waals surface area contributed by atoms with Crippen LogP contribution in [0.15, 0.2) is 18.2 Å². The second-order valence-corrected chi connectivity index (χ2v) is 3.75. The van der Waals surface area contributed by atoms with Crippen LogP contribution in [0.4, 0.5) is 8.78 Å². The van der Waals surface area contributed by atoms with Crippen LogP contribution in [0.5, 0.6) is 0 Å². The minimum absolute atomic E-state index is 0.121. The summed E-state index contributed by atoms with van der Waals surface area (Å²) in [5, 5.41) is 8.57. The van der Waals surface area contributed by atoms with Gasteiger partial charge in [-0.05, 0) is 17.7 Å². The molecule has 1 aromatic carbocycles. The Hall–Kier alpha value is -0.870. The largest absolute Gasteiger partial charge is 0.477 e. The highest BCUT2D eigenvalue weighted by Crippen LogP contribution is 2.26. The summed E-state index contributed by atoms with van der Waals surface area (Å²) in [6.07, 6.45) is -0.904. The molecule has 1 rings (SSSR count). The molecule has 0 heterocycles. The first-order chi connectivity index (χ1) is 6.83. The van der Waals surface area contributed by atoms with Gasteiger partial charge in [-0.15, -0.1) is 0 Å². The summed E-state index contributed by atoms with van der Waals surface area (Å²) in [5.74, 6) is -5.95. The fourth-order valence-corrected chi connectivity index (χ4v) is 1.30. The molecule has 0 aliphatic carbocycles. The minimum Gasteiger partial charge on any atom is -0.477 e. The lowest BCUT2D eigenvalue weighted by Crippen LogP contribution is -2.30. The van der Waals surface area contributed by atoms with E-state index in [1.165, 1.54) is 18.2 Å². The van der Waals surface area contributed by atoms with E-state index in [0.717, 1.165) is 0 Å². The van der Waals surface area contributed by atoms with E-state index < -0.39 is 18.3 Å². The molecule has 2 nitrogen and oxygen atoms in total. The van der Waals surface area contributed by atoms with E-state index in [9.17, 15) is 13.6 Å². The summed E-state index contributed by atoms with van der Waals surface area (Å²) in [6, 6.07) is 3.88. The number of halogens is 4. The molecular weight excluding hydrogens is 249 g/mol. The minimum atomic E-state index is -3.79. The van der Waals surface area contributed by atoms with Gasteiger partial charge in [0.25, 0.3) is 0 Å². The predicted octanol–water partition coefficient (Wildman–Crippen LogP) is 3.26. The summed E-state index contributed by atoms with van der Waals surface area (Å²) >= 11 is 11.2. The van der Waals surface area contributed by atoms with Crippen molar-refractivity contribution in [3.8, 4) is 0 Å². The Bertz CT molecular complexity index is 394. The number of hydrogen-bond donors (Lipinski definition) is 1. The Labute approximate surface area is 94.4 Å². The normalized spacial score (nSPS) is 11.5. The van der Waals surface area contributed by atoms with Crippen molar-refractivity contribution in [3.63, 3.8) is 0 Å². The summed E-state index contributed by atoms with van der Waals surface area (Å²) in [6.45, 7) is 0. The fraction of sp³-hybridized carbons (Fsp3) is 0.222. The molecule has 0 fully saturated rings. The topological polar surface area (TPSA) is 37.3 Å². The molecule has 0 bridgehead atoms. The highest BCUT2D eigenvalue weighted by molar-refractivity contribution is 6.42. The van der Waals surface area contributed by atoms with Gasteiger partial charge in [-0.25, -0.2) is 4.79 Å². The average molecular weight is 255 g/mol. The number of benzene rings is 1. The van der Waals surface area contributed by atoms with E-state index in [1.54, 1.807) is 0 Å². The summed E-state index contributed by atoms with van der Waals surface area (Å²) in [4.78, 5) is 10.2. The molecule has 0 aliphatic rings. The zero-order valence-corrected chi connectivity index (χ0v) is 8.82. The molecule has 1 N–H and O–H groups in total. The van der Waals surface area contributed by atoms with Crippen LogP contribution in [0.1, 0.15) is 5.56 Å². The molecule has 0 unspecified atom stereocenters. The third-order valence-electron chi connectivity index (χ3n) is 1.72. The summed E-state index contributed by atoms with van der Waals surface area (Å²) < 4.78 is 25.6. The second-order valence-electron chi connectivity index (χ2n) is 2.93. The van der Waals surface area contributed by atoms with Gasteiger partial charge in [0.15, 0.2) is 0 Å². The van der Waals surface area contributed by atoms with Crippen LogP contribution in [-0.2, 0) is 11.2 Å². The maximum Gasteiger partial charge on any atom is 0.374 e. The van der Waals surface area contributed by atoms with Gasteiger partial charge in [-0.1, -0.05) is 29.3 Å². The first kappa shape index (κ1) is 12.2. The zero-order valence-electron chi connectivity index (χ0n) is 7.31. The Balaban J connectivity index is 2.91. The Morgan fingerprint density at radius 2 is 1.93 bits per heavy atom. The van der Waals surface area contributed by atoms with Crippen molar-refractivity contribution < 1.29 is 18.7 Å². The lowest BCUT2D eigenvalue weighted by atomic mass is 10.1. The first-order valence-electron chi connectivity index (χ1n) is 3.88. The van der Waals surface area contributed by atoms with E-state index in [1.807, 2.05) is 0 Å². The van der Waals surface area contributed by atoms with Crippen molar-refractivity contribution >= 4 is 29.2 Å². The number of alkyl halides is 2. The summed E-state index contributed by atoms with van der Waals surface area (Å²) in [5.41, 5.74) is 0.122. The number of hydrogen-bond acceptors (Lipinski definition) is 1. The molecule has 15 heavy (non-hydrogen) atoms. The van der Waals surface area contributed by atoms with E-state index in [0.29, 0.717) is 0 Å². The van der Waals surface area contributed by atoms with Gasteiger partial charge in [0.1, 0.15) is 0 Å². The second kappa shape index (κ2) is 4.33. The standard InChI is InChI=1S/C9H6Cl2F2O2/c10-6-2-1-5(3-7(6)11)4-9(12,13)8(14)15/h1-3H,4H2,(H,14,15). The Kier molecular flexibility index (Phi) is 3.52. The lowest BCUT2D eigenvalue weighted by molar-refractivity contribution is -0.164. The molecular formula is C9H6Cl2F2O2. The number of carboxylic acid groups (broad SMARTS) is 1. The van der Waals surface area contributed by atoms with Crippen LogP contribution in [-0.4, -0.2) is 17.0 Å². The smallest absolute Gasteiger partial charge is 0.374 e. The van der Waals surface area contributed by atoms with Gasteiger partial charge in [0.2, 0.25) is 0 Å². The molecule has 0 spiro atoms. The van der Waals surface area contributed by atoms with Crippen molar-refractivity contribution in [2.75, 3.05) is 0 Å². The monoisotopic (exact) mass is 254 g/mol. The van der Waals surface area contributed by atoms with E-state index >= 15 is 0 Å². The van der Waals surface area contributed by atoms with Crippen LogP contribution < -0.4 is 0 Å². The van der Waals surface area contributed by atoms with Gasteiger partial charge in [-0.3, -0.25) is 0 Å². The third kappa shape index (κ3) is 3.04. The molecule has 82 valence electrons. The molecule has 0 saturated heterocycles. The van der Waals surface area contributed by atoms with Crippen molar-refractivity contribution in [1.29, 1.82) is 0 Å². The molecule has 0 saturated carbocycles. The molecule has 0 atom stereocenters. The molecule has 0 aliphatic heterocycles. The maximum atomic E-state index is 12.8. The molecule has 6 heteroatoms. The van der Waals surface area contributed by atoms with Crippen molar-refractivity contribution in [1.82, 2.24) is 0 Å². The fourth-order valence-electron chi connectivity index (χ4n) is 0.982. The molecule has 0 aromatic heterocycles. The van der Waals surface area contributed by atoms with Gasteiger partial charge in [0, 0.05) is 6.42 Å². The zero-order chi connectivity index (χ0) is 11.6. The molecule has 1 aromatic rings. The van der Waals surface area contributed by atoms with Crippen LogP contribution >= 0.6 is 23.2 Å². The van der Waals surface area contributed by atoms with E-state index in [4.69, 9.17) is 28.3 Å². The average Bonchev–Trinajstić information content (AvgIpc) is 2.10. The summed E-state index contributed by atoms with van der Waals surface area (Å²) in [7, 11) is 0. The van der Waals surface area contributed by atoms with Gasteiger partial charge in [-0.2, -0.15) is 8.78 Å². The highest BCUT2D eigenvalue weighted by Gasteiger charge is 2.38. The van der Waals surface area contributed by atoms with Crippen LogP contribution in [0.25, 0.3) is 0 Å². The highest BCUT2D eigenvalue weighted by atomic mass is 35.5. The number of aliphatic carboxylic acids is 1. The van der Waals surface area contributed by atoms with Gasteiger partial charge >= 0.3 is 11.9 Å². The number of carbonyl (C=O) groups is 1. The number of carboxylic acids is 1. The predicted molar refractivity (Wildman–Crippen MR) is 52.7 cm³/mol.